The molecule has 0 spiro atoms. The van der Waals surface area contributed by atoms with E-state index in [0.29, 0.717) is 18.3 Å². The Morgan fingerprint density at radius 2 is 2.14 bits per heavy atom. The van der Waals surface area contributed by atoms with Crippen LogP contribution in [-0.2, 0) is 6.54 Å². The van der Waals surface area contributed by atoms with E-state index in [-0.39, 0.29) is 5.69 Å². The number of nitrogens with zero attached hydrogens (tertiary/aromatic N) is 2. The van der Waals surface area contributed by atoms with Crippen molar-refractivity contribution in [2.75, 3.05) is 26.7 Å². The summed E-state index contributed by atoms with van der Waals surface area (Å²) in [5.74, 6) is 0.300. The molecule has 0 amide bonds. The maximum atomic E-state index is 11.0. The van der Waals surface area contributed by atoms with Crippen molar-refractivity contribution in [1.82, 2.24) is 10.2 Å². The van der Waals surface area contributed by atoms with E-state index in [4.69, 9.17) is 4.74 Å². The van der Waals surface area contributed by atoms with Gasteiger partial charge in [0.15, 0.2) is 5.75 Å². The molecule has 1 aliphatic heterocycles. The largest absolute Gasteiger partial charge is 0.490 e. The van der Waals surface area contributed by atoms with Gasteiger partial charge in [0.25, 0.3) is 0 Å². The van der Waals surface area contributed by atoms with Gasteiger partial charge in [-0.15, -0.1) is 0 Å². The third kappa shape index (κ3) is 4.41. The van der Waals surface area contributed by atoms with E-state index >= 15 is 0 Å². The van der Waals surface area contributed by atoms with Crippen molar-refractivity contribution in [3.8, 4) is 5.75 Å². The Morgan fingerprint density at radius 1 is 1.43 bits per heavy atom. The number of nitrogens with one attached hydrogen (secondary N) is 1. The zero-order valence-electron chi connectivity index (χ0n) is 12.7. The summed E-state index contributed by atoms with van der Waals surface area (Å²) in [6, 6.07) is 5.46. The van der Waals surface area contributed by atoms with E-state index < -0.39 is 4.92 Å². The lowest BCUT2D eigenvalue weighted by Gasteiger charge is -2.21. The number of benzene rings is 1. The monoisotopic (exact) mass is 293 g/mol. The maximum absolute atomic E-state index is 11.0. The molecule has 6 heteroatoms. The van der Waals surface area contributed by atoms with E-state index in [0.717, 1.165) is 12.1 Å². The quantitative estimate of drug-likeness (QED) is 0.616. The summed E-state index contributed by atoms with van der Waals surface area (Å²) in [5, 5.41) is 14.4. The number of rotatable bonds is 7. The predicted octanol–water partition coefficient (Wildman–Crippen LogP) is 2.18. The van der Waals surface area contributed by atoms with Crippen LogP contribution in [0.5, 0.6) is 5.75 Å². The van der Waals surface area contributed by atoms with Crippen LogP contribution in [0.4, 0.5) is 5.69 Å². The van der Waals surface area contributed by atoms with Gasteiger partial charge in [0.1, 0.15) is 0 Å². The maximum Gasteiger partial charge on any atom is 0.311 e. The zero-order valence-corrected chi connectivity index (χ0v) is 12.7. The third-order valence-corrected chi connectivity index (χ3v) is 3.83. The molecule has 1 atom stereocenters. The number of hydrogen-bond donors (Lipinski definition) is 1. The summed E-state index contributed by atoms with van der Waals surface area (Å²) in [4.78, 5) is 13.0. The lowest BCUT2D eigenvalue weighted by molar-refractivity contribution is -0.385. The van der Waals surface area contributed by atoms with Crippen LogP contribution in [0.1, 0.15) is 25.3 Å². The van der Waals surface area contributed by atoms with E-state index in [1.54, 1.807) is 12.1 Å². The van der Waals surface area contributed by atoms with Crippen molar-refractivity contribution in [2.24, 2.45) is 0 Å². The van der Waals surface area contributed by atoms with E-state index in [1.807, 2.05) is 6.07 Å². The second kappa shape index (κ2) is 7.38. The SMILES string of the molecule is COc1ccc(CNC(C)CN2CCCC2)cc1[N+](=O)[O-]. The molecule has 1 heterocycles. The number of nitro groups is 1. The average molecular weight is 293 g/mol. The van der Waals surface area contributed by atoms with Gasteiger partial charge in [-0.3, -0.25) is 10.1 Å². The molecule has 0 aromatic heterocycles. The molecule has 1 aromatic carbocycles. The lowest BCUT2D eigenvalue weighted by Crippen LogP contribution is -2.37. The standard InChI is InChI=1S/C15H23N3O3/c1-12(11-17-7-3-4-8-17)16-10-13-5-6-15(21-2)14(9-13)18(19)20/h5-6,9,12,16H,3-4,7-8,10-11H2,1-2H3. The van der Waals surface area contributed by atoms with E-state index in [1.165, 1.54) is 33.0 Å². The Kier molecular flexibility index (Phi) is 5.52. The molecule has 1 aliphatic rings. The summed E-state index contributed by atoms with van der Waals surface area (Å²) in [6.45, 7) is 6.16. The highest BCUT2D eigenvalue weighted by Crippen LogP contribution is 2.27. The first kappa shape index (κ1) is 15.7. The topological polar surface area (TPSA) is 67.6 Å². The molecule has 1 aromatic rings. The minimum atomic E-state index is -0.407. The number of likely N-dealkylation sites (tertiary alicyclic amines) is 1. The fourth-order valence-corrected chi connectivity index (χ4v) is 2.70. The van der Waals surface area contributed by atoms with Gasteiger partial charge >= 0.3 is 5.69 Å². The van der Waals surface area contributed by atoms with Crippen LogP contribution in [0.25, 0.3) is 0 Å². The number of nitro benzene ring substituents is 1. The number of methoxy groups -OCH3 is 1. The minimum absolute atomic E-state index is 0.0176. The predicted molar refractivity (Wildman–Crippen MR) is 81.6 cm³/mol. The Balaban J connectivity index is 1.90. The zero-order chi connectivity index (χ0) is 15.2. The Morgan fingerprint density at radius 3 is 2.76 bits per heavy atom. The summed E-state index contributed by atoms with van der Waals surface area (Å²) < 4.78 is 5.01. The van der Waals surface area contributed by atoms with Gasteiger partial charge in [0, 0.05) is 25.2 Å². The van der Waals surface area contributed by atoms with Gasteiger partial charge in [-0.1, -0.05) is 6.07 Å². The first-order chi connectivity index (χ1) is 10.1. The first-order valence-electron chi connectivity index (χ1n) is 7.37. The molecule has 2 rings (SSSR count). The van der Waals surface area contributed by atoms with Crippen molar-refractivity contribution in [3.05, 3.63) is 33.9 Å². The second-order valence-corrected chi connectivity index (χ2v) is 5.55. The highest BCUT2D eigenvalue weighted by Gasteiger charge is 2.16. The van der Waals surface area contributed by atoms with E-state index in [9.17, 15) is 10.1 Å². The molecular weight excluding hydrogens is 270 g/mol. The first-order valence-corrected chi connectivity index (χ1v) is 7.37. The minimum Gasteiger partial charge on any atom is -0.490 e. The lowest BCUT2D eigenvalue weighted by atomic mass is 10.1. The Bertz CT molecular complexity index is 487. The fourth-order valence-electron chi connectivity index (χ4n) is 2.70. The highest BCUT2D eigenvalue weighted by atomic mass is 16.6. The van der Waals surface area contributed by atoms with Gasteiger partial charge in [0.05, 0.1) is 12.0 Å². The molecule has 6 nitrogen and oxygen atoms in total. The van der Waals surface area contributed by atoms with Crippen LogP contribution in [0, 0.1) is 10.1 Å². The van der Waals surface area contributed by atoms with E-state index in [2.05, 4.69) is 17.1 Å². The average Bonchev–Trinajstić information content (AvgIpc) is 2.97. The van der Waals surface area contributed by atoms with Crippen molar-refractivity contribution in [2.45, 2.75) is 32.4 Å². The third-order valence-electron chi connectivity index (χ3n) is 3.83. The van der Waals surface area contributed by atoms with Gasteiger partial charge < -0.3 is 15.0 Å². The summed E-state index contributed by atoms with van der Waals surface area (Å²) >= 11 is 0. The normalized spacial score (nSPS) is 16.9. The smallest absolute Gasteiger partial charge is 0.311 e. The molecule has 1 fully saturated rings. The molecule has 1 N–H and O–H groups in total. The van der Waals surface area contributed by atoms with Gasteiger partial charge in [0.2, 0.25) is 0 Å². The summed E-state index contributed by atoms with van der Waals surface area (Å²) in [7, 11) is 1.44. The van der Waals surface area contributed by atoms with Crippen molar-refractivity contribution in [3.63, 3.8) is 0 Å². The molecule has 1 unspecified atom stereocenters. The summed E-state index contributed by atoms with van der Waals surface area (Å²) in [6.07, 6.45) is 2.58. The van der Waals surface area contributed by atoms with Crippen LogP contribution in [0.3, 0.4) is 0 Å². The van der Waals surface area contributed by atoms with Crippen LogP contribution >= 0.6 is 0 Å². The van der Waals surface area contributed by atoms with Crippen LogP contribution in [0.2, 0.25) is 0 Å². The molecule has 0 aliphatic carbocycles. The van der Waals surface area contributed by atoms with Crippen LogP contribution in [-0.4, -0.2) is 42.6 Å². The molecule has 0 bridgehead atoms. The van der Waals surface area contributed by atoms with Crippen molar-refractivity contribution in [1.29, 1.82) is 0 Å². The molecule has 1 saturated heterocycles. The Labute approximate surface area is 125 Å². The molecule has 116 valence electrons. The van der Waals surface area contributed by atoms with Gasteiger partial charge in [-0.2, -0.15) is 0 Å². The van der Waals surface area contributed by atoms with Gasteiger partial charge in [-0.05, 0) is 44.5 Å². The van der Waals surface area contributed by atoms with Gasteiger partial charge in [-0.25, -0.2) is 0 Å². The molecule has 21 heavy (non-hydrogen) atoms. The Hall–Kier alpha value is -1.66. The molecule has 0 saturated carbocycles. The number of ether oxygens (including phenoxy) is 1. The second-order valence-electron chi connectivity index (χ2n) is 5.55. The van der Waals surface area contributed by atoms with Crippen LogP contribution in [0.15, 0.2) is 18.2 Å². The van der Waals surface area contributed by atoms with Crippen molar-refractivity contribution >= 4 is 5.69 Å². The molecular formula is C15H23N3O3. The number of hydrogen-bond acceptors (Lipinski definition) is 5. The highest BCUT2D eigenvalue weighted by molar-refractivity contribution is 5.48. The van der Waals surface area contributed by atoms with Crippen LogP contribution < -0.4 is 10.1 Å². The van der Waals surface area contributed by atoms with Crippen molar-refractivity contribution < 1.29 is 9.66 Å². The summed E-state index contributed by atoms with van der Waals surface area (Å²) in [5.41, 5.74) is 0.916. The fraction of sp³-hybridized carbons (Fsp3) is 0.600. The molecule has 0 radical (unpaired) electrons.